The summed E-state index contributed by atoms with van der Waals surface area (Å²) in [5.41, 5.74) is 0.863. The monoisotopic (exact) mass is 227 g/mol. The van der Waals surface area contributed by atoms with E-state index in [1.807, 2.05) is 4.90 Å². The molecule has 0 aliphatic carbocycles. The van der Waals surface area contributed by atoms with Crippen molar-refractivity contribution in [3.05, 3.63) is 28.4 Å². The van der Waals surface area contributed by atoms with Gasteiger partial charge in [-0.1, -0.05) is 0 Å². The molecule has 0 N–H and O–H groups in total. The molecular formula is C8H9N3O3S. The van der Waals surface area contributed by atoms with E-state index in [0.29, 0.717) is 0 Å². The lowest BCUT2D eigenvalue weighted by Crippen LogP contribution is -2.51. The van der Waals surface area contributed by atoms with Crippen LogP contribution in [0.3, 0.4) is 0 Å². The molecule has 1 saturated heterocycles. The second kappa shape index (κ2) is 4.03. The lowest BCUT2D eigenvalue weighted by atomic mass is 10.1. The fourth-order valence-electron chi connectivity index (χ4n) is 1.39. The molecule has 0 saturated carbocycles. The van der Waals surface area contributed by atoms with E-state index in [4.69, 9.17) is 4.18 Å². The molecule has 1 aromatic rings. The smallest absolute Gasteiger partial charge is 0.363 e. The van der Waals surface area contributed by atoms with Gasteiger partial charge in [-0.25, -0.2) is 0 Å². The number of pyridine rings is 1. The van der Waals surface area contributed by atoms with Crippen LogP contribution in [-0.2, 0) is 4.18 Å². The summed E-state index contributed by atoms with van der Waals surface area (Å²) in [6, 6.07) is 3.07. The van der Waals surface area contributed by atoms with Crippen LogP contribution in [0, 0.1) is 10.1 Å². The van der Waals surface area contributed by atoms with Crippen LogP contribution in [0.15, 0.2) is 18.3 Å². The van der Waals surface area contributed by atoms with Gasteiger partial charge in [0, 0.05) is 19.2 Å². The first-order chi connectivity index (χ1) is 7.20. The Bertz CT molecular complexity index is 364. The van der Waals surface area contributed by atoms with Gasteiger partial charge in [-0.05, 0) is 28.9 Å². The van der Waals surface area contributed by atoms with Gasteiger partial charge in [0.15, 0.2) is 6.20 Å². The van der Waals surface area contributed by atoms with Crippen LogP contribution in [0.1, 0.15) is 0 Å². The Kier molecular flexibility index (Phi) is 2.74. The molecule has 2 heterocycles. The molecule has 0 amide bonds. The summed E-state index contributed by atoms with van der Waals surface area (Å²) < 4.78 is 4.82. The predicted molar refractivity (Wildman–Crippen MR) is 57.0 cm³/mol. The highest BCUT2D eigenvalue weighted by Crippen LogP contribution is 2.23. The molecule has 0 aromatic carbocycles. The van der Waals surface area contributed by atoms with Crippen LogP contribution in [0.5, 0.6) is 0 Å². The molecule has 1 aliphatic heterocycles. The van der Waals surface area contributed by atoms with Crippen molar-refractivity contribution < 1.29 is 9.11 Å². The molecule has 1 aliphatic rings. The number of hydrogen-bond donors (Lipinski definition) is 1. The molecule has 0 unspecified atom stereocenters. The number of aromatic nitrogens is 1. The fourth-order valence-corrected chi connectivity index (χ4v) is 1.52. The molecule has 0 spiro atoms. The van der Waals surface area contributed by atoms with Gasteiger partial charge in [-0.3, -0.25) is 0 Å². The van der Waals surface area contributed by atoms with E-state index in [1.54, 1.807) is 6.07 Å². The SMILES string of the molecule is O=[N+]([O-])c1ccc(N2CC(OS)C2)cn1. The maximum absolute atomic E-state index is 10.4. The first kappa shape index (κ1) is 10.2. The average molecular weight is 227 g/mol. The van der Waals surface area contributed by atoms with Crippen molar-refractivity contribution in [2.24, 2.45) is 0 Å². The van der Waals surface area contributed by atoms with Crippen LogP contribution in [0.4, 0.5) is 11.5 Å². The number of rotatable bonds is 3. The molecule has 6 nitrogen and oxygen atoms in total. The topological polar surface area (TPSA) is 68.5 Å². The van der Waals surface area contributed by atoms with E-state index in [1.165, 1.54) is 12.3 Å². The Morgan fingerprint density at radius 2 is 2.33 bits per heavy atom. The molecule has 1 aromatic heterocycles. The number of hydrogen-bond acceptors (Lipinski definition) is 6. The van der Waals surface area contributed by atoms with Gasteiger partial charge in [0.1, 0.15) is 6.10 Å². The van der Waals surface area contributed by atoms with E-state index in [0.717, 1.165) is 18.8 Å². The number of nitro groups is 1. The third-order valence-electron chi connectivity index (χ3n) is 2.28. The number of nitrogens with zero attached hydrogens (tertiary/aromatic N) is 3. The average Bonchev–Trinajstić information content (AvgIpc) is 2.17. The third-order valence-corrected chi connectivity index (χ3v) is 2.58. The van der Waals surface area contributed by atoms with Gasteiger partial charge in [0.2, 0.25) is 0 Å². The highest BCUT2D eigenvalue weighted by Gasteiger charge is 2.28. The van der Waals surface area contributed by atoms with Crippen molar-refractivity contribution in [2.45, 2.75) is 6.10 Å². The zero-order chi connectivity index (χ0) is 10.8. The highest BCUT2D eigenvalue weighted by atomic mass is 32.1. The normalized spacial score (nSPS) is 16.2. The number of anilines is 1. The van der Waals surface area contributed by atoms with E-state index in [9.17, 15) is 10.1 Å². The van der Waals surface area contributed by atoms with Crippen molar-refractivity contribution >= 4 is 24.4 Å². The second-order valence-corrected chi connectivity index (χ2v) is 3.47. The summed E-state index contributed by atoms with van der Waals surface area (Å²) in [5, 5.41) is 10.4. The van der Waals surface area contributed by atoms with Gasteiger partial charge < -0.3 is 19.2 Å². The molecular weight excluding hydrogens is 218 g/mol. The summed E-state index contributed by atoms with van der Waals surface area (Å²) in [7, 11) is 0. The maximum Gasteiger partial charge on any atom is 0.363 e. The molecule has 1 fully saturated rings. The van der Waals surface area contributed by atoms with Crippen molar-refractivity contribution in [3.63, 3.8) is 0 Å². The van der Waals surface area contributed by atoms with Crippen LogP contribution in [0.25, 0.3) is 0 Å². The highest BCUT2D eigenvalue weighted by molar-refractivity contribution is 7.75. The summed E-state index contributed by atoms with van der Waals surface area (Å²) in [6.45, 7) is 1.48. The molecule has 0 bridgehead atoms. The zero-order valence-electron chi connectivity index (χ0n) is 7.74. The standard InChI is InChI=1S/C8H9N3O3S/c12-11(13)8-2-1-6(3-9-8)10-4-7(5-10)14-15/h1-3,7,15H,4-5H2. The molecule has 80 valence electrons. The fraction of sp³-hybridized carbons (Fsp3) is 0.375. The Morgan fingerprint density at radius 3 is 2.80 bits per heavy atom. The van der Waals surface area contributed by atoms with Gasteiger partial charge in [0.25, 0.3) is 0 Å². The van der Waals surface area contributed by atoms with E-state index < -0.39 is 4.92 Å². The Morgan fingerprint density at radius 1 is 1.60 bits per heavy atom. The third kappa shape index (κ3) is 2.02. The first-order valence-corrected chi connectivity index (χ1v) is 4.73. The maximum atomic E-state index is 10.4. The summed E-state index contributed by atoms with van der Waals surface area (Å²) in [5.74, 6) is -0.138. The molecule has 0 radical (unpaired) electrons. The largest absolute Gasteiger partial charge is 0.363 e. The van der Waals surface area contributed by atoms with E-state index in [2.05, 4.69) is 17.9 Å². The van der Waals surface area contributed by atoms with Gasteiger partial charge in [0.05, 0.1) is 5.69 Å². The van der Waals surface area contributed by atoms with Gasteiger partial charge >= 0.3 is 5.82 Å². The van der Waals surface area contributed by atoms with Crippen LogP contribution in [-0.4, -0.2) is 29.1 Å². The lowest BCUT2D eigenvalue weighted by Gasteiger charge is -2.38. The lowest BCUT2D eigenvalue weighted by molar-refractivity contribution is -0.389. The van der Waals surface area contributed by atoms with Crippen molar-refractivity contribution in [2.75, 3.05) is 18.0 Å². The minimum Gasteiger partial charge on any atom is -0.363 e. The van der Waals surface area contributed by atoms with Crippen LogP contribution < -0.4 is 4.90 Å². The van der Waals surface area contributed by atoms with Crippen molar-refractivity contribution in [1.29, 1.82) is 0 Å². The zero-order valence-corrected chi connectivity index (χ0v) is 8.63. The quantitative estimate of drug-likeness (QED) is 0.361. The summed E-state index contributed by atoms with van der Waals surface area (Å²) in [6.07, 6.45) is 1.62. The predicted octanol–water partition coefficient (Wildman–Crippen LogP) is 1.04. The second-order valence-electron chi connectivity index (χ2n) is 3.26. The van der Waals surface area contributed by atoms with Crippen molar-refractivity contribution in [3.8, 4) is 0 Å². The van der Waals surface area contributed by atoms with Gasteiger partial charge in [-0.15, -0.1) is 0 Å². The Balaban J connectivity index is 2.02. The molecule has 2 rings (SSSR count). The van der Waals surface area contributed by atoms with Crippen molar-refractivity contribution in [1.82, 2.24) is 4.98 Å². The van der Waals surface area contributed by atoms with Crippen LogP contribution in [0.2, 0.25) is 0 Å². The van der Waals surface area contributed by atoms with E-state index >= 15 is 0 Å². The summed E-state index contributed by atoms with van der Waals surface area (Å²) >= 11 is 3.71. The first-order valence-electron chi connectivity index (χ1n) is 4.36. The minimum absolute atomic E-state index is 0.128. The number of thiol groups is 1. The summed E-state index contributed by atoms with van der Waals surface area (Å²) in [4.78, 5) is 15.6. The molecule has 7 heteroatoms. The Labute approximate surface area is 91.6 Å². The Hall–Kier alpha value is -1.34. The molecule has 15 heavy (non-hydrogen) atoms. The van der Waals surface area contributed by atoms with E-state index in [-0.39, 0.29) is 11.9 Å². The van der Waals surface area contributed by atoms with Crippen LogP contribution >= 0.6 is 12.9 Å². The minimum atomic E-state index is -0.514. The van der Waals surface area contributed by atoms with Gasteiger partial charge in [-0.2, -0.15) is 0 Å². The molecule has 0 atom stereocenters.